The molecule has 0 radical (unpaired) electrons. The lowest BCUT2D eigenvalue weighted by Crippen LogP contribution is -1.92. The fourth-order valence-electron chi connectivity index (χ4n) is 1.27. The van der Waals surface area contributed by atoms with Gasteiger partial charge in [-0.2, -0.15) is 0 Å². The second-order valence-electron chi connectivity index (χ2n) is 2.91. The summed E-state index contributed by atoms with van der Waals surface area (Å²) in [6, 6.07) is 8.63. The Morgan fingerprint density at radius 2 is 1.92 bits per heavy atom. The van der Waals surface area contributed by atoms with Gasteiger partial charge in [0.15, 0.2) is 4.90 Å². The van der Waals surface area contributed by atoms with Gasteiger partial charge < -0.3 is 0 Å². The van der Waals surface area contributed by atoms with Gasteiger partial charge in [0.2, 0.25) is 0 Å². The van der Waals surface area contributed by atoms with Crippen LogP contribution in [0.3, 0.4) is 0 Å². The molecule has 1 aromatic heterocycles. The molecule has 0 nitrogen and oxygen atoms in total. The van der Waals surface area contributed by atoms with Crippen molar-refractivity contribution in [2.24, 2.45) is 0 Å². The van der Waals surface area contributed by atoms with E-state index in [1.807, 2.05) is 11.3 Å². The molecule has 2 rings (SSSR count). The van der Waals surface area contributed by atoms with Crippen LogP contribution in [0.2, 0.25) is 0 Å². The first kappa shape index (κ1) is 8.14. The van der Waals surface area contributed by atoms with Crippen molar-refractivity contribution in [3.63, 3.8) is 0 Å². The topological polar surface area (TPSA) is 0 Å². The molecule has 62 valence electrons. The van der Waals surface area contributed by atoms with Crippen LogP contribution < -0.4 is 0 Å². The molecule has 0 aliphatic rings. The van der Waals surface area contributed by atoms with Crippen LogP contribution in [0.25, 0.3) is 10.1 Å². The molecule has 12 heavy (non-hydrogen) atoms. The van der Waals surface area contributed by atoms with Gasteiger partial charge in [-0.25, -0.2) is 0 Å². The SMILES string of the molecule is C[S+](C)c1csc2ccccc12. The summed E-state index contributed by atoms with van der Waals surface area (Å²) in [6.45, 7) is 0. The van der Waals surface area contributed by atoms with Gasteiger partial charge in [0.1, 0.15) is 12.5 Å². The predicted molar refractivity (Wildman–Crippen MR) is 59.3 cm³/mol. The molecule has 1 aromatic carbocycles. The first-order valence-corrected chi connectivity index (χ1v) is 6.75. The third-order valence-corrected chi connectivity index (χ3v) is 4.22. The maximum atomic E-state index is 2.29. The highest BCUT2D eigenvalue weighted by molar-refractivity contribution is 7.95. The average molecular weight is 195 g/mol. The molecule has 0 saturated carbocycles. The zero-order chi connectivity index (χ0) is 8.55. The first-order chi connectivity index (χ1) is 5.79. The standard InChI is InChI=1S/C10H11S2/c1-12(2)10-7-11-9-6-4-3-5-8(9)10/h3-7H,1-2H3/q+1. The Hall–Kier alpha value is -0.470. The van der Waals surface area contributed by atoms with E-state index in [0.29, 0.717) is 10.9 Å². The number of hydrogen-bond donors (Lipinski definition) is 0. The van der Waals surface area contributed by atoms with E-state index in [-0.39, 0.29) is 0 Å². The first-order valence-electron chi connectivity index (χ1n) is 3.83. The van der Waals surface area contributed by atoms with E-state index in [1.165, 1.54) is 15.0 Å². The van der Waals surface area contributed by atoms with Crippen molar-refractivity contribution in [3.05, 3.63) is 29.6 Å². The molecule has 0 atom stereocenters. The van der Waals surface area contributed by atoms with Gasteiger partial charge in [-0.1, -0.05) is 12.1 Å². The summed E-state index contributed by atoms with van der Waals surface area (Å²) in [5.74, 6) is 0. The van der Waals surface area contributed by atoms with E-state index in [0.717, 1.165) is 0 Å². The van der Waals surface area contributed by atoms with Crippen LogP contribution in [0.4, 0.5) is 0 Å². The highest BCUT2D eigenvalue weighted by Gasteiger charge is 2.13. The molecule has 0 saturated heterocycles. The number of rotatable bonds is 1. The molecule has 0 bridgehead atoms. The van der Waals surface area contributed by atoms with Crippen LogP contribution in [0.5, 0.6) is 0 Å². The molecule has 0 fully saturated rings. The van der Waals surface area contributed by atoms with Gasteiger partial charge in [0.25, 0.3) is 0 Å². The van der Waals surface area contributed by atoms with Crippen molar-refractivity contribution >= 4 is 32.3 Å². The normalized spacial score (nSPS) is 11.2. The van der Waals surface area contributed by atoms with Crippen molar-refractivity contribution in [1.82, 2.24) is 0 Å². The number of hydrogen-bond acceptors (Lipinski definition) is 1. The van der Waals surface area contributed by atoms with Crippen LogP contribution in [-0.2, 0) is 10.9 Å². The summed E-state index contributed by atoms with van der Waals surface area (Å²) in [7, 11) is 0.388. The second-order valence-corrected chi connectivity index (χ2v) is 5.90. The van der Waals surface area contributed by atoms with Crippen LogP contribution in [0.15, 0.2) is 34.5 Å². The monoisotopic (exact) mass is 195 g/mol. The summed E-state index contributed by atoms with van der Waals surface area (Å²) >= 11 is 1.85. The predicted octanol–water partition coefficient (Wildman–Crippen LogP) is 3.14. The van der Waals surface area contributed by atoms with Crippen molar-refractivity contribution in [2.75, 3.05) is 12.5 Å². The van der Waals surface area contributed by atoms with E-state index in [2.05, 4.69) is 42.2 Å². The van der Waals surface area contributed by atoms with Gasteiger partial charge in [-0.3, -0.25) is 0 Å². The Morgan fingerprint density at radius 1 is 1.17 bits per heavy atom. The highest BCUT2D eigenvalue weighted by Crippen LogP contribution is 2.28. The average Bonchev–Trinajstić information content (AvgIpc) is 2.47. The van der Waals surface area contributed by atoms with Crippen molar-refractivity contribution in [2.45, 2.75) is 4.90 Å². The lowest BCUT2D eigenvalue weighted by molar-refractivity contribution is 1.64. The summed E-state index contributed by atoms with van der Waals surface area (Å²) < 4.78 is 1.41. The molecular weight excluding hydrogens is 184 g/mol. The quantitative estimate of drug-likeness (QED) is 0.613. The minimum absolute atomic E-state index is 0.388. The van der Waals surface area contributed by atoms with Crippen LogP contribution in [0, 0.1) is 0 Å². The summed E-state index contributed by atoms with van der Waals surface area (Å²) in [5.41, 5.74) is 0. The number of thiophene rings is 1. The molecule has 0 aliphatic carbocycles. The van der Waals surface area contributed by atoms with Gasteiger partial charge in [-0.05, 0) is 12.1 Å². The Kier molecular flexibility index (Phi) is 2.11. The second kappa shape index (κ2) is 3.11. The van der Waals surface area contributed by atoms with E-state index in [4.69, 9.17) is 0 Å². The summed E-state index contributed by atoms with van der Waals surface area (Å²) in [4.78, 5) is 1.51. The molecule has 0 aliphatic heterocycles. The van der Waals surface area contributed by atoms with E-state index in [1.54, 1.807) is 0 Å². The highest BCUT2D eigenvalue weighted by atomic mass is 32.2. The zero-order valence-corrected chi connectivity index (χ0v) is 8.84. The minimum Gasteiger partial charge on any atom is -0.138 e. The third kappa shape index (κ3) is 1.25. The summed E-state index contributed by atoms with van der Waals surface area (Å²) in [6.07, 6.45) is 4.54. The Bertz CT molecular complexity index is 387. The number of benzene rings is 1. The molecule has 2 heteroatoms. The van der Waals surface area contributed by atoms with Gasteiger partial charge in [0.05, 0.1) is 0 Å². The molecule has 1 heterocycles. The van der Waals surface area contributed by atoms with Gasteiger partial charge in [-0.15, -0.1) is 11.3 Å². The van der Waals surface area contributed by atoms with Crippen molar-refractivity contribution < 1.29 is 0 Å². The van der Waals surface area contributed by atoms with E-state index in [9.17, 15) is 0 Å². The van der Waals surface area contributed by atoms with Crippen LogP contribution in [-0.4, -0.2) is 12.5 Å². The fourth-order valence-corrected chi connectivity index (χ4v) is 3.69. The third-order valence-electron chi connectivity index (χ3n) is 1.89. The minimum atomic E-state index is 0.388. The van der Waals surface area contributed by atoms with E-state index < -0.39 is 0 Å². The van der Waals surface area contributed by atoms with Gasteiger partial charge in [0, 0.05) is 26.4 Å². The maximum absolute atomic E-state index is 2.29. The summed E-state index contributed by atoms with van der Waals surface area (Å²) in [5, 5.41) is 3.73. The Morgan fingerprint density at radius 3 is 2.67 bits per heavy atom. The molecule has 0 N–H and O–H groups in total. The lowest BCUT2D eigenvalue weighted by Gasteiger charge is -1.92. The zero-order valence-electron chi connectivity index (χ0n) is 7.20. The molecule has 0 unspecified atom stereocenters. The van der Waals surface area contributed by atoms with Crippen LogP contribution >= 0.6 is 11.3 Å². The maximum Gasteiger partial charge on any atom is 0.172 e. The fraction of sp³-hybridized carbons (Fsp3) is 0.200. The number of fused-ring (bicyclic) bond motifs is 1. The molecule has 0 spiro atoms. The molecular formula is C10H11S2+. The molecule has 0 amide bonds. The van der Waals surface area contributed by atoms with E-state index >= 15 is 0 Å². The van der Waals surface area contributed by atoms with Crippen LogP contribution in [0.1, 0.15) is 0 Å². The Labute approximate surface area is 79.6 Å². The molecule has 2 aromatic rings. The Balaban J connectivity index is 2.70. The largest absolute Gasteiger partial charge is 0.172 e. The van der Waals surface area contributed by atoms with Crippen molar-refractivity contribution in [3.8, 4) is 0 Å². The van der Waals surface area contributed by atoms with Crippen molar-refractivity contribution in [1.29, 1.82) is 0 Å². The lowest BCUT2D eigenvalue weighted by atomic mass is 10.3. The smallest absolute Gasteiger partial charge is 0.138 e. The van der Waals surface area contributed by atoms with Gasteiger partial charge >= 0.3 is 0 Å².